The molecule has 0 bridgehead atoms. The van der Waals surface area contributed by atoms with Crippen molar-refractivity contribution in [3.63, 3.8) is 0 Å². The van der Waals surface area contributed by atoms with Crippen LogP contribution in [-0.2, 0) is 0 Å². The van der Waals surface area contributed by atoms with Crippen LogP contribution in [0.25, 0.3) is 0 Å². The Bertz CT molecular complexity index is 281. The Labute approximate surface area is 99.9 Å². The summed E-state index contributed by atoms with van der Waals surface area (Å²) in [5.74, 6) is 2.88. The van der Waals surface area contributed by atoms with Gasteiger partial charge in [0.25, 0.3) is 0 Å². The number of aliphatic hydroxyl groups excluding tert-OH is 1. The molecular weight excluding hydrogens is 196 g/mol. The number of aliphatic hydroxyl groups is 1. The maximum atomic E-state index is 10.3. The Morgan fingerprint density at radius 1 is 1.31 bits per heavy atom. The third-order valence-electron chi connectivity index (χ3n) is 5.18. The molecular formula is C15H26O. The van der Waals surface area contributed by atoms with Crippen molar-refractivity contribution in [1.82, 2.24) is 0 Å². The minimum absolute atomic E-state index is 0.0447. The van der Waals surface area contributed by atoms with Crippen LogP contribution in [0.3, 0.4) is 0 Å². The molecule has 0 spiro atoms. The van der Waals surface area contributed by atoms with Crippen LogP contribution >= 0.6 is 0 Å². The molecule has 0 aliphatic heterocycles. The van der Waals surface area contributed by atoms with Gasteiger partial charge in [-0.3, -0.25) is 0 Å². The fourth-order valence-electron chi connectivity index (χ4n) is 3.71. The molecule has 5 atom stereocenters. The summed E-state index contributed by atoms with van der Waals surface area (Å²) in [6, 6.07) is 0. The highest BCUT2D eigenvalue weighted by atomic mass is 16.3. The Balaban J connectivity index is 2.26. The molecule has 1 nitrogen and oxygen atoms in total. The molecule has 0 radical (unpaired) electrons. The molecule has 0 aromatic heterocycles. The van der Waals surface area contributed by atoms with Gasteiger partial charge in [0, 0.05) is 5.41 Å². The van der Waals surface area contributed by atoms with E-state index < -0.39 is 0 Å². The van der Waals surface area contributed by atoms with E-state index in [4.69, 9.17) is 0 Å². The van der Waals surface area contributed by atoms with E-state index in [1.165, 1.54) is 12.8 Å². The first-order chi connectivity index (χ1) is 7.45. The van der Waals surface area contributed by atoms with Gasteiger partial charge in [-0.15, -0.1) is 0 Å². The van der Waals surface area contributed by atoms with Crippen LogP contribution in [0.5, 0.6) is 0 Å². The van der Waals surface area contributed by atoms with Crippen LogP contribution in [0.15, 0.2) is 12.2 Å². The number of allylic oxidation sites excluding steroid dienone is 1. The van der Waals surface area contributed by atoms with Crippen molar-refractivity contribution in [3.05, 3.63) is 12.2 Å². The number of fused-ring (bicyclic) bond motifs is 1. The number of hydrogen-bond donors (Lipinski definition) is 1. The highest BCUT2D eigenvalue weighted by Crippen LogP contribution is 2.51. The van der Waals surface area contributed by atoms with E-state index in [0.29, 0.717) is 11.8 Å². The van der Waals surface area contributed by atoms with Crippen molar-refractivity contribution in [2.24, 2.45) is 29.1 Å². The van der Waals surface area contributed by atoms with Crippen molar-refractivity contribution in [3.8, 4) is 0 Å². The van der Waals surface area contributed by atoms with Crippen molar-refractivity contribution in [1.29, 1.82) is 0 Å². The first-order valence-corrected chi connectivity index (χ1v) is 6.82. The smallest absolute Gasteiger partial charge is 0.0631 e. The van der Waals surface area contributed by atoms with Gasteiger partial charge >= 0.3 is 0 Å². The van der Waals surface area contributed by atoms with Gasteiger partial charge in [0.1, 0.15) is 0 Å². The first-order valence-electron chi connectivity index (χ1n) is 6.82. The molecule has 1 fully saturated rings. The molecule has 0 amide bonds. The van der Waals surface area contributed by atoms with E-state index in [1.807, 2.05) is 0 Å². The normalized spacial score (nSPS) is 48.1. The first kappa shape index (κ1) is 12.2. The second-order valence-electron chi connectivity index (χ2n) is 6.55. The molecule has 2 aliphatic rings. The van der Waals surface area contributed by atoms with Crippen LogP contribution < -0.4 is 0 Å². The van der Waals surface area contributed by atoms with E-state index in [1.54, 1.807) is 0 Å². The average Bonchev–Trinajstić information content (AvgIpc) is 2.24. The summed E-state index contributed by atoms with van der Waals surface area (Å²) >= 11 is 0. The maximum absolute atomic E-state index is 10.3. The van der Waals surface area contributed by atoms with Gasteiger partial charge < -0.3 is 5.11 Å². The standard InChI is InChI=1S/C15H26O/c1-10(2)12-7-8-15(4)13(9-12)11(3)5-6-14(15)16/h7-8,10-14,16H,5-6,9H2,1-4H3/t11-,12-,13+,14?,15-/m1/s1. The summed E-state index contributed by atoms with van der Waals surface area (Å²) < 4.78 is 0. The lowest BCUT2D eigenvalue weighted by Crippen LogP contribution is -2.47. The minimum Gasteiger partial charge on any atom is -0.392 e. The Morgan fingerprint density at radius 2 is 2.00 bits per heavy atom. The number of rotatable bonds is 1. The maximum Gasteiger partial charge on any atom is 0.0631 e. The molecule has 1 unspecified atom stereocenters. The van der Waals surface area contributed by atoms with Gasteiger partial charge in [-0.2, -0.15) is 0 Å². The lowest BCUT2D eigenvalue weighted by Gasteiger charge is -2.50. The second-order valence-corrected chi connectivity index (χ2v) is 6.55. The summed E-state index contributed by atoms with van der Waals surface area (Å²) in [5, 5.41) is 10.3. The van der Waals surface area contributed by atoms with Crippen molar-refractivity contribution < 1.29 is 5.11 Å². The van der Waals surface area contributed by atoms with Gasteiger partial charge in [-0.1, -0.05) is 39.8 Å². The van der Waals surface area contributed by atoms with Crippen LogP contribution in [0.2, 0.25) is 0 Å². The summed E-state index contributed by atoms with van der Waals surface area (Å²) in [4.78, 5) is 0. The van der Waals surface area contributed by atoms with Gasteiger partial charge in [0.05, 0.1) is 6.10 Å². The zero-order chi connectivity index (χ0) is 11.9. The lowest BCUT2D eigenvalue weighted by molar-refractivity contribution is -0.0485. The van der Waals surface area contributed by atoms with E-state index in [0.717, 1.165) is 18.3 Å². The molecule has 1 saturated carbocycles. The molecule has 92 valence electrons. The molecule has 1 N–H and O–H groups in total. The molecule has 0 saturated heterocycles. The Hall–Kier alpha value is -0.300. The van der Waals surface area contributed by atoms with Crippen molar-refractivity contribution in [2.75, 3.05) is 0 Å². The van der Waals surface area contributed by atoms with Gasteiger partial charge in [-0.05, 0) is 42.9 Å². The highest BCUT2D eigenvalue weighted by molar-refractivity contribution is 5.14. The van der Waals surface area contributed by atoms with E-state index in [-0.39, 0.29) is 11.5 Å². The summed E-state index contributed by atoms with van der Waals surface area (Å²) in [5.41, 5.74) is 0.0447. The molecule has 0 aromatic carbocycles. The topological polar surface area (TPSA) is 20.2 Å². The quantitative estimate of drug-likeness (QED) is 0.672. The third-order valence-corrected chi connectivity index (χ3v) is 5.18. The van der Waals surface area contributed by atoms with E-state index in [9.17, 15) is 5.11 Å². The number of hydrogen-bond acceptors (Lipinski definition) is 1. The SMILES string of the molecule is CC(C)[C@@H]1C=C[C@@]2(C)C(O)CC[C@@H](C)[C@@H]2C1. The van der Waals surface area contributed by atoms with E-state index in [2.05, 4.69) is 39.8 Å². The summed E-state index contributed by atoms with van der Waals surface area (Å²) in [7, 11) is 0. The predicted octanol–water partition coefficient (Wildman–Crippen LogP) is 3.63. The molecule has 0 heterocycles. The zero-order valence-electron chi connectivity index (χ0n) is 11.1. The van der Waals surface area contributed by atoms with Crippen LogP contribution in [0.1, 0.15) is 47.0 Å². The highest BCUT2D eigenvalue weighted by Gasteiger charge is 2.47. The Kier molecular flexibility index (Phi) is 3.18. The fraction of sp³-hybridized carbons (Fsp3) is 0.867. The molecule has 1 heteroatoms. The molecule has 16 heavy (non-hydrogen) atoms. The van der Waals surface area contributed by atoms with Gasteiger partial charge in [0.2, 0.25) is 0 Å². The van der Waals surface area contributed by atoms with Crippen LogP contribution in [0, 0.1) is 29.1 Å². The van der Waals surface area contributed by atoms with Crippen LogP contribution in [-0.4, -0.2) is 11.2 Å². The second kappa shape index (κ2) is 4.18. The summed E-state index contributed by atoms with van der Waals surface area (Å²) in [6.07, 6.45) is 8.00. The van der Waals surface area contributed by atoms with Gasteiger partial charge in [-0.25, -0.2) is 0 Å². The third kappa shape index (κ3) is 1.84. The molecule has 0 aromatic rings. The van der Waals surface area contributed by atoms with Crippen LogP contribution in [0.4, 0.5) is 0 Å². The van der Waals surface area contributed by atoms with Crippen molar-refractivity contribution in [2.45, 2.75) is 53.1 Å². The lowest BCUT2D eigenvalue weighted by atomic mass is 9.56. The van der Waals surface area contributed by atoms with Gasteiger partial charge in [0.15, 0.2) is 0 Å². The average molecular weight is 222 g/mol. The summed E-state index contributed by atoms with van der Waals surface area (Å²) in [6.45, 7) is 9.24. The largest absolute Gasteiger partial charge is 0.392 e. The fourth-order valence-corrected chi connectivity index (χ4v) is 3.71. The molecule has 2 aliphatic carbocycles. The monoisotopic (exact) mass is 222 g/mol. The zero-order valence-corrected chi connectivity index (χ0v) is 11.1. The Morgan fingerprint density at radius 3 is 2.62 bits per heavy atom. The molecule has 2 rings (SSSR count). The minimum atomic E-state index is -0.127. The van der Waals surface area contributed by atoms with Crippen molar-refractivity contribution >= 4 is 0 Å². The predicted molar refractivity (Wildman–Crippen MR) is 68.1 cm³/mol. The van der Waals surface area contributed by atoms with E-state index >= 15 is 0 Å².